The number of hydrogen-bond donors (Lipinski definition) is 0. The average Bonchev–Trinajstić information content (AvgIpc) is 2.74. The molecule has 0 atom stereocenters. The molecule has 0 unspecified atom stereocenters. The van der Waals surface area contributed by atoms with Crippen molar-refractivity contribution >= 4 is 12.2 Å². The van der Waals surface area contributed by atoms with E-state index in [1.54, 1.807) is 32.9 Å². The van der Waals surface area contributed by atoms with Gasteiger partial charge in [0.2, 0.25) is 6.79 Å². The molecule has 0 fully saturated rings. The second kappa shape index (κ2) is 4.68. The minimum atomic E-state index is -0.563. The first-order chi connectivity index (χ1) is 8.47. The van der Waals surface area contributed by atoms with Gasteiger partial charge in [-0.3, -0.25) is 0 Å². The Morgan fingerprint density at radius 1 is 1.33 bits per heavy atom. The quantitative estimate of drug-likeness (QED) is 0.458. The number of oxime groups is 1. The van der Waals surface area contributed by atoms with Gasteiger partial charge in [0.15, 0.2) is 11.5 Å². The summed E-state index contributed by atoms with van der Waals surface area (Å²) in [5, 5.41) is 3.66. The zero-order chi connectivity index (χ0) is 13.2. The van der Waals surface area contributed by atoms with Gasteiger partial charge < -0.3 is 14.3 Å². The van der Waals surface area contributed by atoms with Gasteiger partial charge in [0, 0.05) is 5.56 Å². The summed E-state index contributed by atoms with van der Waals surface area (Å²) in [6, 6.07) is 5.37. The summed E-state index contributed by atoms with van der Waals surface area (Å²) < 4.78 is 10.4. The van der Waals surface area contributed by atoms with Crippen LogP contribution in [0.5, 0.6) is 11.5 Å². The van der Waals surface area contributed by atoms with Crippen molar-refractivity contribution in [1.82, 2.24) is 0 Å². The number of carbonyl (C=O) groups is 1. The lowest BCUT2D eigenvalue weighted by atomic mass is 9.98. The van der Waals surface area contributed by atoms with Crippen molar-refractivity contribution in [2.75, 3.05) is 6.79 Å². The van der Waals surface area contributed by atoms with Crippen molar-refractivity contribution in [3.05, 3.63) is 23.8 Å². The van der Waals surface area contributed by atoms with E-state index in [0.717, 1.165) is 5.56 Å². The van der Waals surface area contributed by atoms with Gasteiger partial charge in [-0.05, 0) is 39.0 Å². The van der Waals surface area contributed by atoms with Gasteiger partial charge in [-0.2, -0.15) is 0 Å². The van der Waals surface area contributed by atoms with Crippen LogP contribution >= 0.6 is 0 Å². The Morgan fingerprint density at radius 2 is 2.06 bits per heavy atom. The number of ether oxygens (including phenoxy) is 2. The van der Waals surface area contributed by atoms with E-state index in [4.69, 9.17) is 14.3 Å². The fourth-order valence-corrected chi connectivity index (χ4v) is 1.27. The third kappa shape index (κ3) is 2.80. The molecule has 0 saturated carbocycles. The molecule has 0 spiro atoms. The highest BCUT2D eigenvalue weighted by atomic mass is 16.7. The minimum Gasteiger partial charge on any atom is -0.454 e. The molecule has 0 radical (unpaired) electrons. The fourth-order valence-electron chi connectivity index (χ4n) is 1.27. The maximum absolute atomic E-state index is 11.5. The monoisotopic (exact) mass is 249 g/mol. The molecule has 1 aliphatic heterocycles. The second-order valence-corrected chi connectivity index (χ2v) is 4.98. The molecule has 0 bridgehead atoms. The molecular formula is C13H15NO4. The molecule has 5 nitrogen and oxygen atoms in total. The Morgan fingerprint density at radius 3 is 2.78 bits per heavy atom. The minimum absolute atomic E-state index is 0.231. The zero-order valence-electron chi connectivity index (χ0n) is 10.6. The molecule has 2 rings (SSSR count). The fraction of sp³-hybridized carbons (Fsp3) is 0.385. The largest absolute Gasteiger partial charge is 0.454 e. The van der Waals surface area contributed by atoms with Gasteiger partial charge in [-0.15, -0.1) is 0 Å². The summed E-state index contributed by atoms with van der Waals surface area (Å²) in [7, 11) is 0. The van der Waals surface area contributed by atoms with Crippen molar-refractivity contribution in [2.45, 2.75) is 20.8 Å². The molecule has 0 aliphatic carbocycles. The average molecular weight is 249 g/mol. The number of rotatable bonds is 2. The van der Waals surface area contributed by atoms with Gasteiger partial charge in [0.1, 0.15) is 0 Å². The van der Waals surface area contributed by atoms with Crippen molar-refractivity contribution in [3.63, 3.8) is 0 Å². The Kier molecular flexibility index (Phi) is 3.23. The molecule has 0 amide bonds. The Labute approximate surface area is 105 Å². The molecular weight excluding hydrogens is 234 g/mol. The third-order valence-electron chi connectivity index (χ3n) is 2.35. The molecule has 1 aromatic carbocycles. The summed E-state index contributed by atoms with van der Waals surface area (Å²) in [6.07, 6.45) is 1.46. The normalized spacial score (nSPS) is 13.9. The van der Waals surface area contributed by atoms with E-state index in [1.807, 2.05) is 6.07 Å². The van der Waals surface area contributed by atoms with Crippen LogP contribution in [-0.2, 0) is 9.63 Å². The maximum Gasteiger partial charge on any atom is 0.340 e. The van der Waals surface area contributed by atoms with Crippen molar-refractivity contribution in [2.24, 2.45) is 10.6 Å². The van der Waals surface area contributed by atoms with E-state index < -0.39 is 5.41 Å². The van der Waals surface area contributed by atoms with Gasteiger partial charge in [-0.1, -0.05) is 5.16 Å². The summed E-state index contributed by atoms with van der Waals surface area (Å²) in [5.41, 5.74) is 0.215. The molecule has 96 valence electrons. The lowest BCUT2D eigenvalue weighted by Gasteiger charge is -2.12. The van der Waals surface area contributed by atoms with Crippen molar-refractivity contribution < 1.29 is 19.1 Å². The van der Waals surface area contributed by atoms with Crippen LogP contribution in [0.2, 0.25) is 0 Å². The van der Waals surface area contributed by atoms with E-state index in [0.29, 0.717) is 11.5 Å². The van der Waals surface area contributed by atoms with Gasteiger partial charge in [0.25, 0.3) is 0 Å². The van der Waals surface area contributed by atoms with Crippen LogP contribution in [0, 0.1) is 5.41 Å². The Bertz CT molecular complexity index is 488. The molecule has 0 saturated heterocycles. The molecule has 0 N–H and O–H groups in total. The van der Waals surface area contributed by atoms with Crippen molar-refractivity contribution in [3.8, 4) is 11.5 Å². The van der Waals surface area contributed by atoms with Crippen LogP contribution in [0.3, 0.4) is 0 Å². The lowest BCUT2D eigenvalue weighted by Crippen LogP contribution is -2.21. The van der Waals surface area contributed by atoms with Crippen LogP contribution in [0.15, 0.2) is 23.4 Å². The first-order valence-corrected chi connectivity index (χ1v) is 5.61. The number of carbonyl (C=O) groups excluding carboxylic acids is 1. The zero-order valence-corrected chi connectivity index (χ0v) is 10.6. The molecule has 1 aromatic rings. The molecule has 5 heteroatoms. The first-order valence-electron chi connectivity index (χ1n) is 5.61. The molecule has 1 heterocycles. The topological polar surface area (TPSA) is 57.1 Å². The van der Waals surface area contributed by atoms with Crippen LogP contribution in [-0.4, -0.2) is 19.0 Å². The van der Waals surface area contributed by atoms with Gasteiger partial charge in [0.05, 0.1) is 11.6 Å². The highest BCUT2D eigenvalue weighted by Crippen LogP contribution is 2.31. The number of benzene rings is 1. The van der Waals surface area contributed by atoms with Gasteiger partial charge >= 0.3 is 5.97 Å². The number of fused-ring (bicyclic) bond motifs is 1. The standard InChI is InChI=1S/C13H15NO4/c1-13(2,3)12(15)18-14-7-9-4-5-10-11(6-9)17-8-16-10/h4-7H,8H2,1-3H3/b14-7-. The van der Waals surface area contributed by atoms with E-state index in [-0.39, 0.29) is 12.8 Å². The third-order valence-corrected chi connectivity index (χ3v) is 2.35. The van der Waals surface area contributed by atoms with Crippen LogP contribution in [0.4, 0.5) is 0 Å². The number of hydrogen-bond acceptors (Lipinski definition) is 5. The second-order valence-electron chi connectivity index (χ2n) is 4.98. The maximum atomic E-state index is 11.5. The van der Waals surface area contributed by atoms with E-state index in [2.05, 4.69) is 5.16 Å². The smallest absolute Gasteiger partial charge is 0.340 e. The summed E-state index contributed by atoms with van der Waals surface area (Å²) in [6.45, 7) is 5.54. The van der Waals surface area contributed by atoms with E-state index in [9.17, 15) is 4.79 Å². The molecule has 1 aliphatic rings. The highest BCUT2D eigenvalue weighted by Gasteiger charge is 2.23. The van der Waals surface area contributed by atoms with Crippen LogP contribution in [0.25, 0.3) is 0 Å². The van der Waals surface area contributed by atoms with Gasteiger partial charge in [-0.25, -0.2) is 4.79 Å². The first kappa shape index (κ1) is 12.4. The van der Waals surface area contributed by atoms with E-state index >= 15 is 0 Å². The van der Waals surface area contributed by atoms with Crippen molar-refractivity contribution in [1.29, 1.82) is 0 Å². The summed E-state index contributed by atoms with van der Waals surface area (Å²) in [4.78, 5) is 16.2. The lowest BCUT2D eigenvalue weighted by molar-refractivity contribution is -0.152. The summed E-state index contributed by atoms with van der Waals surface area (Å²) >= 11 is 0. The Balaban J connectivity index is 2.00. The predicted octanol–water partition coefficient (Wildman–Crippen LogP) is 2.34. The molecule has 18 heavy (non-hydrogen) atoms. The SMILES string of the molecule is CC(C)(C)C(=O)O/N=C\c1ccc2c(c1)OCO2. The number of nitrogens with zero attached hydrogens (tertiary/aromatic N) is 1. The summed E-state index contributed by atoms with van der Waals surface area (Å²) in [5.74, 6) is 0.999. The predicted molar refractivity (Wildman–Crippen MR) is 65.7 cm³/mol. The molecule has 0 aromatic heterocycles. The van der Waals surface area contributed by atoms with Crippen LogP contribution < -0.4 is 9.47 Å². The Hall–Kier alpha value is -2.04. The van der Waals surface area contributed by atoms with Crippen LogP contribution in [0.1, 0.15) is 26.3 Å². The highest BCUT2D eigenvalue weighted by molar-refractivity contribution is 5.82. The van der Waals surface area contributed by atoms with E-state index in [1.165, 1.54) is 6.21 Å².